The van der Waals surface area contributed by atoms with Gasteiger partial charge in [-0.1, -0.05) is 6.07 Å². The molecular formula is C25H28FN5OS. The van der Waals surface area contributed by atoms with Crippen LogP contribution in [0.15, 0.2) is 54.7 Å². The van der Waals surface area contributed by atoms with E-state index < -0.39 is 0 Å². The lowest BCUT2D eigenvalue weighted by atomic mass is 9.96. The molecular weight excluding hydrogens is 437 g/mol. The number of carbonyl (C=O) groups excluding carboxylic acids is 1. The Morgan fingerprint density at radius 1 is 1.21 bits per heavy atom. The van der Waals surface area contributed by atoms with Crippen LogP contribution in [0, 0.1) is 19.7 Å². The van der Waals surface area contributed by atoms with Gasteiger partial charge in [0.2, 0.25) is 5.91 Å². The van der Waals surface area contributed by atoms with E-state index in [1.165, 1.54) is 29.1 Å². The Kier molecular flexibility index (Phi) is 6.74. The molecule has 6 nitrogen and oxygen atoms in total. The molecule has 1 aliphatic rings. The summed E-state index contributed by atoms with van der Waals surface area (Å²) in [7, 11) is 0. The number of hydrogen-bond donors (Lipinski definition) is 2. The number of aryl methyl sites for hydroxylation is 1. The average Bonchev–Trinajstić information content (AvgIpc) is 3.29. The third-order valence-electron chi connectivity index (χ3n) is 6.15. The summed E-state index contributed by atoms with van der Waals surface area (Å²) in [6.45, 7) is 7.70. The van der Waals surface area contributed by atoms with E-state index in [1.807, 2.05) is 18.2 Å². The number of amides is 1. The lowest BCUT2D eigenvalue weighted by Gasteiger charge is -2.28. The molecule has 0 spiro atoms. The largest absolute Gasteiger partial charge is 0.352 e. The maximum absolute atomic E-state index is 13.1. The second-order valence-corrected chi connectivity index (χ2v) is 8.58. The summed E-state index contributed by atoms with van der Waals surface area (Å²) >= 11 is 5.71. The minimum Gasteiger partial charge on any atom is -0.352 e. The molecule has 0 bridgehead atoms. The number of carbonyl (C=O) groups is 1. The SMILES string of the molecule is CCn1c(C)cc([C@@H]2[C@@H](c3ccccn3)NC(=S)N2CCC(=O)Nc2ccc(F)cc2)c1C. The fourth-order valence-corrected chi connectivity index (χ4v) is 4.91. The zero-order chi connectivity index (χ0) is 23.5. The van der Waals surface area contributed by atoms with E-state index >= 15 is 0 Å². The van der Waals surface area contributed by atoms with Crippen LogP contribution in [0.25, 0.3) is 0 Å². The minimum atomic E-state index is -0.338. The van der Waals surface area contributed by atoms with Crippen LogP contribution in [0.2, 0.25) is 0 Å². The Morgan fingerprint density at radius 3 is 2.61 bits per heavy atom. The zero-order valence-corrected chi connectivity index (χ0v) is 19.8. The van der Waals surface area contributed by atoms with Crippen LogP contribution in [0.3, 0.4) is 0 Å². The number of nitrogens with one attached hydrogen (secondary N) is 2. The Morgan fingerprint density at radius 2 is 1.97 bits per heavy atom. The van der Waals surface area contributed by atoms with Crippen molar-refractivity contribution in [2.24, 2.45) is 0 Å². The van der Waals surface area contributed by atoms with Crippen molar-refractivity contribution < 1.29 is 9.18 Å². The smallest absolute Gasteiger partial charge is 0.226 e. The highest BCUT2D eigenvalue weighted by molar-refractivity contribution is 7.80. The fraction of sp³-hybridized carbons (Fsp3) is 0.320. The number of thiocarbonyl (C=S) groups is 1. The predicted octanol–water partition coefficient (Wildman–Crippen LogP) is 4.66. The molecule has 33 heavy (non-hydrogen) atoms. The minimum absolute atomic E-state index is 0.0856. The van der Waals surface area contributed by atoms with E-state index in [9.17, 15) is 9.18 Å². The number of benzene rings is 1. The molecule has 0 aliphatic carbocycles. The summed E-state index contributed by atoms with van der Waals surface area (Å²) in [6.07, 6.45) is 2.03. The first-order valence-corrected chi connectivity index (χ1v) is 11.5. The first kappa shape index (κ1) is 22.9. The van der Waals surface area contributed by atoms with Gasteiger partial charge in [0.15, 0.2) is 5.11 Å². The molecule has 4 rings (SSSR count). The molecule has 0 radical (unpaired) electrons. The van der Waals surface area contributed by atoms with E-state index in [1.54, 1.807) is 18.3 Å². The Bertz CT molecular complexity index is 1150. The van der Waals surface area contributed by atoms with E-state index in [0.29, 0.717) is 17.3 Å². The van der Waals surface area contributed by atoms with Crippen LogP contribution in [-0.2, 0) is 11.3 Å². The molecule has 1 saturated heterocycles. The van der Waals surface area contributed by atoms with Gasteiger partial charge in [0, 0.05) is 42.8 Å². The number of halogens is 1. The molecule has 2 aromatic heterocycles. The summed E-state index contributed by atoms with van der Waals surface area (Å²) in [5, 5.41) is 6.86. The van der Waals surface area contributed by atoms with Crippen LogP contribution in [0.4, 0.5) is 10.1 Å². The second-order valence-electron chi connectivity index (χ2n) is 8.20. The van der Waals surface area contributed by atoms with Gasteiger partial charge in [-0.2, -0.15) is 0 Å². The highest BCUT2D eigenvalue weighted by Crippen LogP contribution is 2.40. The van der Waals surface area contributed by atoms with Gasteiger partial charge in [0.1, 0.15) is 5.82 Å². The quantitative estimate of drug-likeness (QED) is 0.497. The Labute approximate surface area is 198 Å². The number of anilines is 1. The Hall–Kier alpha value is -3.26. The summed E-state index contributed by atoms with van der Waals surface area (Å²) in [5.74, 6) is -0.488. The highest BCUT2D eigenvalue weighted by Gasteiger charge is 2.41. The van der Waals surface area contributed by atoms with Crippen molar-refractivity contribution in [1.82, 2.24) is 19.8 Å². The van der Waals surface area contributed by atoms with Crippen molar-refractivity contribution in [2.75, 3.05) is 11.9 Å². The van der Waals surface area contributed by atoms with Gasteiger partial charge in [-0.25, -0.2) is 4.39 Å². The molecule has 3 aromatic rings. The third-order valence-corrected chi connectivity index (χ3v) is 6.51. The van der Waals surface area contributed by atoms with E-state index in [-0.39, 0.29) is 30.2 Å². The van der Waals surface area contributed by atoms with Gasteiger partial charge in [0.25, 0.3) is 0 Å². The average molecular weight is 466 g/mol. The normalized spacial score (nSPS) is 17.8. The molecule has 1 aromatic carbocycles. The number of hydrogen-bond acceptors (Lipinski definition) is 3. The monoisotopic (exact) mass is 465 g/mol. The predicted molar refractivity (Wildman–Crippen MR) is 131 cm³/mol. The zero-order valence-electron chi connectivity index (χ0n) is 19.0. The molecule has 0 saturated carbocycles. The molecule has 0 unspecified atom stereocenters. The van der Waals surface area contributed by atoms with Crippen molar-refractivity contribution in [3.8, 4) is 0 Å². The van der Waals surface area contributed by atoms with Gasteiger partial charge in [-0.15, -0.1) is 0 Å². The molecule has 1 aliphatic heterocycles. The Balaban J connectivity index is 1.59. The summed E-state index contributed by atoms with van der Waals surface area (Å²) in [6, 6.07) is 13.6. The number of pyridine rings is 1. The first-order valence-electron chi connectivity index (χ1n) is 11.1. The van der Waals surface area contributed by atoms with Crippen molar-refractivity contribution >= 4 is 28.9 Å². The van der Waals surface area contributed by atoms with Crippen LogP contribution >= 0.6 is 12.2 Å². The topological polar surface area (TPSA) is 62.2 Å². The van der Waals surface area contributed by atoms with Crippen molar-refractivity contribution in [3.05, 3.63) is 83.2 Å². The van der Waals surface area contributed by atoms with Crippen LogP contribution in [0.1, 0.15) is 48.1 Å². The lowest BCUT2D eigenvalue weighted by molar-refractivity contribution is -0.116. The molecule has 3 heterocycles. The molecule has 2 N–H and O–H groups in total. The highest BCUT2D eigenvalue weighted by atomic mass is 32.1. The van der Waals surface area contributed by atoms with Gasteiger partial charge >= 0.3 is 0 Å². The summed E-state index contributed by atoms with van der Waals surface area (Å²) in [4.78, 5) is 19.3. The summed E-state index contributed by atoms with van der Waals surface area (Å²) < 4.78 is 15.4. The van der Waals surface area contributed by atoms with Crippen molar-refractivity contribution in [1.29, 1.82) is 0 Å². The van der Waals surface area contributed by atoms with Crippen molar-refractivity contribution in [3.63, 3.8) is 0 Å². The van der Waals surface area contributed by atoms with E-state index in [0.717, 1.165) is 12.2 Å². The van der Waals surface area contributed by atoms with E-state index in [2.05, 4.69) is 51.9 Å². The number of nitrogens with zero attached hydrogens (tertiary/aromatic N) is 3. The first-order chi connectivity index (χ1) is 15.9. The maximum atomic E-state index is 13.1. The molecule has 172 valence electrons. The van der Waals surface area contributed by atoms with Crippen LogP contribution in [0.5, 0.6) is 0 Å². The lowest BCUT2D eigenvalue weighted by Crippen LogP contribution is -2.32. The number of rotatable bonds is 7. The van der Waals surface area contributed by atoms with Gasteiger partial charge < -0.3 is 20.1 Å². The van der Waals surface area contributed by atoms with Gasteiger partial charge in [-0.05, 0) is 81.0 Å². The molecule has 1 fully saturated rings. The second kappa shape index (κ2) is 9.70. The van der Waals surface area contributed by atoms with Crippen LogP contribution in [-0.4, -0.2) is 32.0 Å². The van der Waals surface area contributed by atoms with Gasteiger partial charge in [0.05, 0.1) is 17.8 Å². The molecule has 1 amide bonds. The standard InChI is InChI=1S/C25H28FN5OS/c1-4-30-16(2)15-20(17(30)3)24-23(21-7-5-6-13-27-21)29-25(33)31(24)14-12-22(32)28-19-10-8-18(26)9-11-19/h5-11,13,15,23-24H,4,12,14H2,1-3H3,(H,28,32)(H,29,33)/t23-,24-/m1/s1. The van der Waals surface area contributed by atoms with Crippen molar-refractivity contribution in [2.45, 2.75) is 45.8 Å². The molecule has 2 atom stereocenters. The van der Waals surface area contributed by atoms with E-state index in [4.69, 9.17) is 12.2 Å². The molecule has 8 heteroatoms. The maximum Gasteiger partial charge on any atom is 0.226 e. The summed E-state index contributed by atoms with van der Waals surface area (Å²) in [5.41, 5.74) is 5.03. The van der Waals surface area contributed by atoms with Crippen LogP contribution < -0.4 is 10.6 Å². The fourth-order valence-electron chi connectivity index (χ4n) is 4.58. The third kappa shape index (κ3) is 4.75. The number of aromatic nitrogens is 2. The van der Waals surface area contributed by atoms with Gasteiger partial charge in [-0.3, -0.25) is 9.78 Å².